The number of nitrogens with one attached hydrogen (secondary N) is 2. The Labute approximate surface area is 126 Å². The van der Waals surface area contributed by atoms with Crippen LogP contribution in [-0.4, -0.2) is 50.5 Å². The molecular formula is C16H24N4O. The van der Waals surface area contributed by atoms with E-state index in [0.717, 1.165) is 19.3 Å². The smallest absolute Gasteiger partial charge is 0.241 e. The van der Waals surface area contributed by atoms with E-state index in [-0.39, 0.29) is 12.5 Å². The molecule has 21 heavy (non-hydrogen) atoms. The average molecular weight is 288 g/mol. The van der Waals surface area contributed by atoms with Gasteiger partial charge in [-0.25, -0.2) is 0 Å². The van der Waals surface area contributed by atoms with Crippen LogP contribution >= 0.6 is 0 Å². The van der Waals surface area contributed by atoms with Crippen molar-refractivity contribution in [1.82, 2.24) is 15.5 Å². The molecule has 114 valence electrons. The molecule has 0 saturated carbocycles. The lowest BCUT2D eigenvalue weighted by atomic mass is 9.88. The molecule has 0 aliphatic heterocycles. The highest BCUT2D eigenvalue weighted by Gasteiger charge is 2.19. The topological polar surface area (TPSA) is 56.7 Å². The summed E-state index contributed by atoms with van der Waals surface area (Å²) in [7, 11) is 5.22. The van der Waals surface area contributed by atoms with E-state index in [1.165, 1.54) is 11.1 Å². The molecule has 0 radical (unpaired) electrons. The van der Waals surface area contributed by atoms with E-state index in [1.54, 1.807) is 26.0 Å². The molecule has 2 N–H and O–H groups in total. The van der Waals surface area contributed by atoms with E-state index in [0.29, 0.717) is 12.0 Å². The fourth-order valence-corrected chi connectivity index (χ4v) is 2.53. The van der Waals surface area contributed by atoms with Crippen LogP contribution in [0.2, 0.25) is 0 Å². The highest BCUT2D eigenvalue weighted by atomic mass is 16.2. The van der Waals surface area contributed by atoms with E-state index in [4.69, 9.17) is 0 Å². The van der Waals surface area contributed by atoms with Crippen LogP contribution in [0, 0.1) is 0 Å². The second kappa shape index (κ2) is 7.11. The SMILES string of the molecule is CN=C(NCC(=O)N(C)C)NC1CCc2ccccc2C1. The number of carbonyl (C=O) groups excluding carboxylic acids is 1. The van der Waals surface area contributed by atoms with Gasteiger partial charge in [0.2, 0.25) is 5.91 Å². The predicted octanol–water partition coefficient (Wildman–Crippen LogP) is 0.797. The van der Waals surface area contributed by atoms with Gasteiger partial charge in [-0.05, 0) is 30.4 Å². The van der Waals surface area contributed by atoms with Crippen LogP contribution in [0.5, 0.6) is 0 Å². The van der Waals surface area contributed by atoms with Crippen molar-refractivity contribution < 1.29 is 4.79 Å². The molecule has 0 spiro atoms. The van der Waals surface area contributed by atoms with Crippen molar-refractivity contribution in [3.05, 3.63) is 35.4 Å². The van der Waals surface area contributed by atoms with E-state index < -0.39 is 0 Å². The Morgan fingerprint density at radius 1 is 1.33 bits per heavy atom. The van der Waals surface area contributed by atoms with Gasteiger partial charge in [0.15, 0.2) is 5.96 Å². The monoisotopic (exact) mass is 288 g/mol. The van der Waals surface area contributed by atoms with Crippen LogP contribution in [0.25, 0.3) is 0 Å². The number of nitrogens with zero attached hydrogens (tertiary/aromatic N) is 2. The van der Waals surface area contributed by atoms with Gasteiger partial charge in [0.1, 0.15) is 0 Å². The summed E-state index contributed by atoms with van der Waals surface area (Å²) in [5.41, 5.74) is 2.85. The van der Waals surface area contributed by atoms with Crippen LogP contribution in [0.15, 0.2) is 29.3 Å². The summed E-state index contributed by atoms with van der Waals surface area (Å²) in [5.74, 6) is 0.724. The number of likely N-dealkylation sites (N-methyl/N-ethyl adjacent to an activating group) is 1. The predicted molar refractivity (Wildman–Crippen MR) is 85.4 cm³/mol. The molecule has 1 aromatic rings. The Bertz CT molecular complexity index is 525. The second-order valence-electron chi connectivity index (χ2n) is 5.57. The third-order valence-corrected chi connectivity index (χ3v) is 3.82. The summed E-state index contributed by atoms with van der Waals surface area (Å²) in [6, 6.07) is 8.94. The molecule has 1 aliphatic carbocycles. The minimum Gasteiger partial charge on any atom is -0.353 e. The molecule has 1 aliphatic rings. The van der Waals surface area contributed by atoms with Crippen molar-refractivity contribution in [2.24, 2.45) is 4.99 Å². The Morgan fingerprint density at radius 2 is 2.05 bits per heavy atom. The molecule has 2 rings (SSSR count). The van der Waals surface area contributed by atoms with Gasteiger partial charge in [-0.1, -0.05) is 24.3 Å². The van der Waals surface area contributed by atoms with Gasteiger partial charge in [-0.3, -0.25) is 9.79 Å². The second-order valence-corrected chi connectivity index (χ2v) is 5.57. The normalized spacial score (nSPS) is 17.9. The summed E-state index contributed by atoms with van der Waals surface area (Å²) < 4.78 is 0. The van der Waals surface area contributed by atoms with Gasteiger partial charge in [0, 0.05) is 27.2 Å². The number of benzene rings is 1. The molecule has 0 bridgehead atoms. The quantitative estimate of drug-likeness (QED) is 0.639. The molecule has 5 heteroatoms. The zero-order valence-corrected chi connectivity index (χ0v) is 13.0. The summed E-state index contributed by atoms with van der Waals surface area (Å²) >= 11 is 0. The van der Waals surface area contributed by atoms with Gasteiger partial charge < -0.3 is 15.5 Å². The summed E-state index contributed by atoms with van der Waals surface area (Å²) in [6.45, 7) is 0.260. The van der Waals surface area contributed by atoms with E-state index >= 15 is 0 Å². The fourth-order valence-electron chi connectivity index (χ4n) is 2.53. The van der Waals surface area contributed by atoms with Gasteiger partial charge in [0.25, 0.3) is 0 Å². The number of hydrogen-bond donors (Lipinski definition) is 2. The first kappa shape index (κ1) is 15.4. The maximum absolute atomic E-state index is 11.6. The maximum Gasteiger partial charge on any atom is 0.241 e. The molecule has 1 aromatic carbocycles. The van der Waals surface area contributed by atoms with Gasteiger partial charge in [-0.15, -0.1) is 0 Å². The van der Waals surface area contributed by atoms with Crippen molar-refractivity contribution in [2.75, 3.05) is 27.7 Å². The number of aliphatic imine (C=N–C) groups is 1. The molecular weight excluding hydrogens is 264 g/mol. The Kier molecular flexibility index (Phi) is 5.20. The number of guanidine groups is 1. The van der Waals surface area contributed by atoms with Gasteiger partial charge in [-0.2, -0.15) is 0 Å². The molecule has 0 aromatic heterocycles. The number of amides is 1. The lowest BCUT2D eigenvalue weighted by Crippen LogP contribution is -2.48. The first-order chi connectivity index (χ1) is 10.1. The number of hydrogen-bond acceptors (Lipinski definition) is 2. The van der Waals surface area contributed by atoms with Crippen LogP contribution < -0.4 is 10.6 Å². The minimum atomic E-state index is 0.0342. The van der Waals surface area contributed by atoms with Gasteiger partial charge >= 0.3 is 0 Å². The fraction of sp³-hybridized carbons (Fsp3) is 0.500. The summed E-state index contributed by atoms with van der Waals surface area (Å²) in [6.07, 6.45) is 3.17. The van der Waals surface area contributed by atoms with Crippen molar-refractivity contribution in [2.45, 2.75) is 25.3 Å². The number of carbonyl (C=O) groups is 1. The molecule has 0 fully saturated rings. The Balaban J connectivity index is 1.88. The van der Waals surface area contributed by atoms with E-state index in [9.17, 15) is 4.79 Å². The van der Waals surface area contributed by atoms with Crippen molar-refractivity contribution in [3.8, 4) is 0 Å². The van der Waals surface area contributed by atoms with E-state index in [1.807, 2.05) is 0 Å². The Hall–Kier alpha value is -2.04. The Morgan fingerprint density at radius 3 is 2.71 bits per heavy atom. The van der Waals surface area contributed by atoms with Crippen molar-refractivity contribution in [3.63, 3.8) is 0 Å². The van der Waals surface area contributed by atoms with Crippen molar-refractivity contribution in [1.29, 1.82) is 0 Å². The minimum absolute atomic E-state index is 0.0342. The standard InChI is InChI=1S/C16H24N4O/c1-17-16(18-11-15(21)20(2)3)19-14-9-8-12-6-4-5-7-13(12)10-14/h4-7,14H,8-11H2,1-3H3,(H2,17,18,19). The maximum atomic E-state index is 11.6. The van der Waals surface area contributed by atoms with Crippen LogP contribution in [0.4, 0.5) is 0 Å². The molecule has 0 heterocycles. The molecule has 5 nitrogen and oxygen atoms in total. The first-order valence-electron chi connectivity index (χ1n) is 7.34. The molecule has 1 unspecified atom stereocenters. The summed E-state index contributed by atoms with van der Waals surface area (Å²) in [4.78, 5) is 17.4. The van der Waals surface area contributed by atoms with E-state index in [2.05, 4.69) is 39.9 Å². The number of rotatable bonds is 3. The van der Waals surface area contributed by atoms with Gasteiger partial charge in [0.05, 0.1) is 6.54 Å². The van der Waals surface area contributed by atoms with Crippen LogP contribution in [0.1, 0.15) is 17.5 Å². The third-order valence-electron chi connectivity index (χ3n) is 3.82. The third kappa shape index (κ3) is 4.21. The average Bonchev–Trinajstić information content (AvgIpc) is 2.50. The zero-order valence-electron chi connectivity index (χ0n) is 13.0. The lowest BCUT2D eigenvalue weighted by Gasteiger charge is -2.27. The number of aryl methyl sites for hydroxylation is 1. The highest BCUT2D eigenvalue weighted by Crippen LogP contribution is 2.20. The van der Waals surface area contributed by atoms with Crippen LogP contribution in [-0.2, 0) is 17.6 Å². The molecule has 1 amide bonds. The molecule has 1 atom stereocenters. The lowest BCUT2D eigenvalue weighted by molar-refractivity contribution is -0.127. The summed E-state index contributed by atoms with van der Waals surface area (Å²) in [5, 5.41) is 6.48. The molecule has 0 saturated heterocycles. The van der Waals surface area contributed by atoms with Crippen molar-refractivity contribution >= 4 is 11.9 Å². The first-order valence-corrected chi connectivity index (χ1v) is 7.34. The largest absolute Gasteiger partial charge is 0.353 e. The zero-order chi connectivity index (χ0) is 15.2. The van der Waals surface area contributed by atoms with Crippen LogP contribution in [0.3, 0.4) is 0 Å². The highest BCUT2D eigenvalue weighted by molar-refractivity contribution is 5.86. The number of fused-ring (bicyclic) bond motifs is 1.